The molecule has 0 aliphatic heterocycles. The summed E-state index contributed by atoms with van der Waals surface area (Å²) in [6.45, 7) is 2.64. The molecule has 0 amide bonds. The number of carboxylic acid groups (broad SMARTS) is 1. The van der Waals surface area contributed by atoms with Crippen LogP contribution in [0.1, 0.15) is 6.92 Å². The molecular weight excluding hydrogens is 264 g/mol. The van der Waals surface area contributed by atoms with Crippen molar-refractivity contribution in [3.63, 3.8) is 0 Å². The van der Waals surface area contributed by atoms with Crippen LogP contribution in [0, 0.1) is 0 Å². The first-order chi connectivity index (χ1) is 9.11. The van der Waals surface area contributed by atoms with Gasteiger partial charge in [0.25, 0.3) is 0 Å². The molecule has 2 rings (SSSR count). The Labute approximate surface area is 114 Å². The average Bonchev–Trinajstić information content (AvgIpc) is 2.80. The van der Waals surface area contributed by atoms with Crippen molar-refractivity contribution in [2.75, 3.05) is 11.5 Å². The van der Waals surface area contributed by atoms with Crippen LogP contribution in [-0.2, 0) is 11.3 Å². The van der Waals surface area contributed by atoms with Gasteiger partial charge in [-0.2, -0.15) is 0 Å². The van der Waals surface area contributed by atoms with Gasteiger partial charge < -0.3 is 15.4 Å². The Balaban J connectivity index is 2.31. The van der Waals surface area contributed by atoms with E-state index in [9.17, 15) is 4.79 Å². The highest BCUT2D eigenvalue weighted by molar-refractivity contribution is 7.99. The van der Waals surface area contributed by atoms with Crippen LogP contribution in [0.15, 0.2) is 29.4 Å². The summed E-state index contributed by atoms with van der Waals surface area (Å²) < 4.78 is 1.89. The van der Waals surface area contributed by atoms with Crippen molar-refractivity contribution >= 4 is 23.4 Å². The summed E-state index contributed by atoms with van der Waals surface area (Å²) in [4.78, 5) is 10.6. The zero-order valence-electron chi connectivity index (χ0n) is 10.4. The topological polar surface area (TPSA) is 94.0 Å². The van der Waals surface area contributed by atoms with Crippen LogP contribution < -0.4 is 5.73 Å². The number of carbonyl (C=O) groups is 1. The third-order valence-corrected chi connectivity index (χ3v) is 3.48. The number of nitrogens with two attached hydrogens (primary N) is 1. The van der Waals surface area contributed by atoms with Gasteiger partial charge in [0.1, 0.15) is 0 Å². The summed E-state index contributed by atoms with van der Waals surface area (Å²) in [5.74, 6) is -0.181. The van der Waals surface area contributed by atoms with Gasteiger partial charge in [-0.15, -0.1) is 10.2 Å². The smallest absolute Gasteiger partial charge is 0.313 e. The molecule has 2 aromatic rings. The molecule has 0 aliphatic carbocycles. The van der Waals surface area contributed by atoms with E-state index < -0.39 is 5.97 Å². The number of hydrogen-bond donors (Lipinski definition) is 2. The quantitative estimate of drug-likeness (QED) is 0.639. The van der Waals surface area contributed by atoms with Crippen molar-refractivity contribution < 1.29 is 9.90 Å². The van der Waals surface area contributed by atoms with Crippen molar-refractivity contribution in [3.05, 3.63) is 24.3 Å². The van der Waals surface area contributed by atoms with Gasteiger partial charge in [-0.05, 0) is 31.2 Å². The number of aliphatic carboxylic acids is 1. The molecule has 0 saturated carbocycles. The van der Waals surface area contributed by atoms with Crippen molar-refractivity contribution in [1.82, 2.24) is 14.8 Å². The number of nitrogens with zero attached hydrogens (tertiary/aromatic N) is 3. The van der Waals surface area contributed by atoms with E-state index in [1.807, 2.05) is 23.6 Å². The molecule has 3 N–H and O–H groups in total. The fraction of sp³-hybridized carbons (Fsp3) is 0.250. The van der Waals surface area contributed by atoms with Crippen LogP contribution in [0.3, 0.4) is 0 Å². The lowest BCUT2D eigenvalue weighted by Gasteiger charge is -2.06. The highest BCUT2D eigenvalue weighted by Gasteiger charge is 2.13. The Kier molecular flexibility index (Phi) is 4.06. The van der Waals surface area contributed by atoms with Gasteiger partial charge in [0.05, 0.1) is 5.75 Å². The molecule has 6 nitrogen and oxygen atoms in total. The van der Waals surface area contributed by atoms with Crippen LogP contribution >= 0.6 is 11.8 Å². The van der Waals surface area contributed by atoms with Gasteiger partial charge in [0.2, 0.25) is 0 Å². The average molecular weight is 278 g/mol. The molecular formula is C12H14N4O2S. The first-order valence-corrected chi connectivity index (χ1v) is 6.74. The van der Waals surface area contributed by atoms with E-state index in [0.717, 1.165) is 23.1 Å². The van der Waals surface area contributed by atoms with Crippen molar-refractivity contribution in [2.24, 2.45) is 0 Å². The lowest BCUT2D eigenvalue weighted by atomic mass is 10.2. The van der Waals surface area contributed by atoms with Crippen molar-refractivity contribution in [1.29, 1.82) is 0 Å². The summed E-state index contributed by atoms with van der Waals surface area (Å²) in [6.07, 6.45) is 0. The number of benzene rings is 1. The molecule has 0 fully saturated rings. The molecule has 0 spiro atoms. The number of aromatic nitrogens is 3. The van der Waals surface area contributed by atoms with E-state index in [-0.39, 0.29) is 5.75 Å². The van der Waals surface area contributed by atoms with Crippen LogP contribution in [0.4, 0.5) is 5.69 Å². The predicted molar refractivity (Wildman–Crippen MR) is 73.9 cm³/mol. The number of thioether (sulfide) groups is 1. The molecule has 19 heavy (non-hydrogen) atoms. The summed E-state index contributed by atoms with van der Waals surface area (Å²) in [5, 5.41) is 17.5. The van der Waals surface area contributed by atoms with Crippen LogP contribution in [0.2, 0.25) is 0 Å². The van der Waals surface area contributed by atoms with Gasteiger partial charge in [-0.25, -0.2) is 0 Å². The molecule has 0 radical (unpaired) electrons. The van der Waals surface area contributed by atoms with E-state index >= 15 is 0 Å². The summed E-state index contributed by atoms with van der Waals surface area (Å²) in [5.41, 5.74) is 7.24. The minimum atomic E-state index is -0.871. The van der Waals surface area contributed by atoms with E-state index in [1.54, 1.807) is 12.1 Å². The Bertz CT molecular complexity index is 580. The van der Waals surface area contributed by atoms with Crippen molar-refractivity contribution in [3.8, 4) is 11.4 Å². The molecule has 0 unspecified atom stereocenters. The minimum absolute atomic E-state index is 0.0279. The Hall–Kier alpha value is -2.02. The minimum Gasteiger partial charge on any atom is -0.481 e. The Morgan fingerprint density at radius 2 is 2.05 bits per heavy atom. The molecule has 0 atom stereocenters. The van der Waals surface area contributed by atoms with Crippen LogP contribution in [0.5, 0.6) is 0 Å². The van der Waals surface area contributed by atoms with Gasteiger partial charge in [-0.3, -0.25) is 4.79 Å². The standard InChI is InChI=1S/C12H14N4O2S/c1-2-16-11(8-3-5-9(13)6-4-8)14-15-12(16)19-7-10(17)18/h3-6H,2,7,13H2,1H3,(H,17,18). The normalized spacial score (nSPS) is 10.6. The fourth-order valence-corrected chi connectivity index (χ4v) is 2.38. The first-order valence-electron chi connectivity index (χ1n) is 5.75. The monoisotopic (exact) mass is 278 g/mol. The predicted octanol–water partition coefficient (Wildman–Crippen LogP) is 1.72. The van der Waals surface area contributed by atoms with Gasteiger partial charge >= 0.3 is 5.97 Å². The number of nitrogen functional groups attached to an aromatic ring is 1. The van der Waals surface area contributed by atoms with E-state index in [4.69, 9.17) is 10.8 Å². The van der Waals surface area contributed by atoms with Crippen LogP contribution in [-0.4, -0.2) is 31.6 Å². The lowest BCUT2D eigenvalue weighted by molar-refractivity contribution is -0.133. The first kappa shape index (κ1) is 13.4. The molecule has 1 heterocycles. The maximum Gasteiger partial charge on any atom is 0.313 e. The fourth-order valence-electron chi connectivity index (χ4n) is 1.65. The largest absolute Gasteiger partial charge is 0.481 e. The highest BCUT2D eigenvalue weighted by Crippen LogP contribution is 2.24. The van der Waals surface area contributed by atoms with Crippen molar-refractivity contribution in [2.45, 2.75) is 18.6 Å². The molecule has 1 aromatic carbocycles. The molecule has 0 aliphatic rings. The zero-order chi connectivity index (χ0) is 13.8. The second-order valence-corrected chi connectivity index (χ2v) is 4.80. The maximum absolute atomic E-state index is 10.6. The molecule has 7 heteroatoms. The molecule has 0 saturated heterocycles. The number of rotatable bonds is 5. The van der Waals surface area contributed by atoms with E-state index in [0.29, 0.717) is 17.4 Å². The zero-order valence-corrected chi connectivity index (χ0v) is 11.2. The molecule has 1 aromatic heterocycles. The third-order valence-electron chi connectivity index (χ3n) is 2.53. The number of carboxylic acids is 1. The van der Waals surface area contributed by atoms with E-state index in [1.165, 1.54) is 0 Å². The maximum atomic E-state index is 10.6. The SMILES string of the molecule is CCn1c(SCC(=O)O)nnc1-c1ccc(N)cc1. The summed E-state index contributed by atoms with van der Waals surface area (Å²) in [6, 6.07) is 7.34. The van der Waals surface area contributed by atoms with E-state index in [2.05, 4.69) is 10.2 Å². The van der Waals surface area contributed by atoms with Gasteiger partial charge in [0, 0.05) is 17.8 Å². The number of hydrogen-bond acceptors (Lipinski definition) is 5. The van der Waals surface area contributed by atoms with Gasteiger partial charge in [-0.1, -0.05) is 11.8 Å². The number of anilines is 1. The Morgan fingerprint density at radius 1 is 1.37 bits per heavy atom. The highest BCUT2D eigenvalue weighted by atomic mass is 32.2. The Morgan fingerprint density at radius 3 is 2.63 bits per heavy atom. The third kappa shape index (κ3) is 3.05. The van der Waals surface area contributed by atoms with Crippen LogP contribution in [0.25, 0.3) is 11.4 Å². The molecule has 100 valence electrons. The molecule has 0 bridgehead atoms. The van der Waals surface area contributed by atoms with Gasteiger partial charge in [0.15, 0.2) is 11.0 Å². The summed E-state index contributed by atoms with van der Waals surface area (Å²) >= 11 is 1.16. The lowest BCUT2D eigenvalue weighted by Crippen LogP contribution is -2.03. The summed E-state index contributed by atoms with van der Waals surface area (Å²) in [7, 11) is 0. The second kappa shape index (κ2) is 5.75. The second-order valence-electron chi connectivity index (χ2n) is 3.85.